The van der Waals surface area contributed by atoms with Gasteiger partial charge < -0.3 is 10.2 Å². The zero-order valence-corrected chi connectivity index (χ0v) is 24.1. The maximum atomic E-state index is 13.7. The molecule has 0 aliphatic heterocycles. The molecule has 0 aliphatic carbocycles. The number of nitrogens with zero attached hydrogens (tertiary/aromatic N) is 2. The summed E-state index contributed by atoms with van der Waals surface area (Å²) < 4.78 is 27.1. The number of sulfonamides is 1. The molecular weight excluding hydrogens is 566 g/mol. The van der Waals surface area contributed by atoms with Gasteiger partial charge in [-0.1, -0.05) is 76.6 Å². The van der Waals surface area contributed by atoms with Crippen LogP contribution in [0.3, 0.4) is 0 Å². The third-order valence-electron chi connectivity index (χ3n) is 6.08. The Balaban J connectivity index is 1.84. The minimum absolute atomic E-state index is 0.0973. The fourth-order valence-corrected chi connectivity index (χ4v) is 5.46. The van der Waals surface area contributed by atoms with Crippen molar-refractivity contribution in [2.45, 2.75) is 38.8 Å². The molecule has 0 aromatic heterocycles. The molecule has 0 fully saturated rings. The van der Waals surface area contributed by atoms with Crippen molar-refractivity contribution >= 4 is 43.5 Å². The molecule has 0 aliphatic rings. The fraction of sp³-hybridized carbons (Fsp3) is 0.310. The minimum Gasteiger partial charge on any atom is -0.355 e. The number of amides is 2. The second-order valence-corrected chi connectivity index (χ2v) is 11.8. The highest BCUT2D eigenvalue weighted by molar-refractivity contribution is 9.10. The Bertz CT molecular complexity index is 1290. The molecule has 1 atom stereocenters. The first-order chi connectivity index (χ1) is 18.2. The maximum absolute atomic E-state index is 13.7. The van der Waals surface area contributed by atoms with E-state index in [9.17, 15) is 18.0 Å². The zero-order chi connectivity index (χ0) is 27.5. The molecule has 0 unspecified atom stereocenters. The second kappa shape index (κ2) is 14.1. The second-order valence-electron chi connectivity index (χ2n) is 9.02. The summed E-state index contributed by atoms with van der Waals surface area (Å²) in [5, 5.41) is 2.88. The lowest BCUT2D eigenvalue weighted by Crippen LogP contribution is -2.50. The molecule has 2 amide bonds. The number of halogens is 1. The van der Waals surface area contributed by atoms with Crippen molar-refractivity contribution in [1.82, 2.24) is 10.2 Å². The number of rotatable bonds is 13. The molecular formula is C29H34BrN3O4S. The summed E-state index contributed by atoms with van der Waals surface area (Å²) in [7, 11) is -3.53. The Morgan fingerprint density at radius 2 is 1.50 bits per heavy atom. The number of hydrogen-bond donors (Lipinski definition) is 1. The fourth-order valence-electron chi connectivity index (χ4n) is 4.23. The van der Waals surface area contributed by atoms with Gasteiger partial charge in [0.05, 0.1) is 11.9 Å². The van der Waals surface area contributed by atoms with Crippen LogP contribution in [0, 0.1) is 0 Å². The van der Waals surface area contributed by atoms with Crippen LogP contribution in [0.15, 0.2) is 89.4 Å². The first kappa shape index (κ1) is 29.4. The molecule has 3 aromatic rings. The van der Waals surface area contributed by atoms with E-state index >= 15 is 0 Å². The molecule has 0 bridgehead atoms. The number of nitrogens with one attached hydrogen (secondary N) is 1. The normalized spacial score (nSPS) is 12.0. The summed E-state index contributed by atoms with van der Waals surface area (Å²) in [6.45, 7) is 2.72. The molecule has 3 rings (SSSR count). The van der Waals surface area contributed by atoms with Crippen LogP contribution in [0.1, 0.15) is 30.9 Å². The van der Waals surface area contributed by atoms with E-state index in [4.69, 9.17) is 0 Å². The summed E-state index contributed by atoms with van der Waals surface area (Å²) >= 11 is 3.44. The van der Waals surface area contributed by atoms with Crippen molar-refractivity contribution in [3.8, 4) is 0 Å². The van der Waals surface area contributed by atoms with Gasteiger partial charge in [-0.25, -0.2) is 8.42 Å². The highest BCUT2D eigenvalue weighted by Crippen LogP contribution is 2.20. The third-order valence-corrected chi connectivity index (χ3v) is 7.81. The van der Waals surface area contributed by atoms with Crippen LogP contribution < -0.4 is 9.62 Å². The highest BCUT2D eigenvalue weighted by Gasteiger charge is 2.30. The van der Waals surface area contributed by atoms with E-state index in [1.54, 1.807) is 29.2 Å². The highest BCUT2D eigenvalue weighted by atomic mass is 79.9. The standard InChI is InChI=1S/C29H34BrN3O4S/c1-3-31-29(35)27(21-23-11-6-4-7-12-23)32(22-24-16-18-25(30)19-17-24)28(34)15-10-20-33(38(2,36)37)26-13-8-5-9-14-26/h4-9,11-14,16-19,27H,3,10,15,20-22H2,1-2H3,(H,31,35)/t27-/m1/s1. The van der Waals surface area contributed by atoms with Crippen LogP contribution in [-0.2, 0) is 32.6 Å². The summed E-state index contributed by atoms with van der Waals surface area (Å²) in [6.07, 6.45) is 1.94. The summed E-state index contributed by atoms with van der Waals surface area (Å²) in [4.78, 5) is 28.5. The topological polar surface area (TPSA) is 86.8 Å². The molecule has 3 aromatic carbocycles. The van der Waals surface area contributed by atoms with Crippen LogP contribution in [0.5, 0.6) is 0 Å². The van der Waals surface area contributed by atoms with Gasteiger partial charge in [0.1, 0.15) is 6.04 Å². The lowest BCUT2D eigenvalue weighted by molar-refractivity contribution is -0.141. The molecule has 7 nitrogen and oxygen atoms in total. The van der Waals surface area contributed by atoms with Gasteiger partial charge in [0, 0.05) is 36.9 Å². The van der Waals surface area contributed by atoms with Crippen molar-refractivity contribution in [3.63, 3.8) is 0 Å². The molecule has 0 heterocycles. The van der Waals surface area contributed by atoms with Crippen molar-refractivity contribution in [3.05, 3.63) is 101 Å². The molecule has 0 saturated carbocycles. The van der Waals surface area contributed by atoms with Crippen LogP contribution in [0.2, 0.25) is 0 Å². The monoisotopic (exact) mass is 599 g/mol. The number of benzene rings is 3. The molecule has 0 saturated heterocycles. The first-order valence-electron chi connectivity index (χ1n) is 12.6. The first-order valence-corrected chi connectivity index (χ1v) is 15.2. The van der Waals surface area contributed by atoms with Crippen LogP contribution >= 0.6 is 15.9 Å². The van der Waals surface area contributed by atoms with Crippen LogP contribution in [-0.4, -0.2) is 50.5 Å². The van der Waals surface area contributed by atoms with Gasteiger partial charge in [0.15, 0.2) is 0 Å². The molecule has 0 radical (unpaired) electrons. The number of carbonyl (C=O) groups excluding carboxylic acids is 2. The van der Waals surface area contributed by atoms with Gasteiger partial charge >= 0.3 is 0 Å². The van der Waals surface area contributed by atoms with Gasteiger partial charge in [-0.05, 0) is 48.7 Å². The lowest BCUT2D eigenvalue weighted by Gasteiger charge is -2.32. The quantitative estimate of drug-likeness (QED) is 0.306. The Kier molecular flexibility index (Phi) is 10.9. The van der Waals surface area contributed by atoms with Crippen molar-refractivity contribution in [2.75, 3.05) is 23.7 Å². The SMILES string of the molecule is CCNC(=O)[C@@H](Cc1ccccc1)N(Cc1ccc(Br)cc1)C(=O)CCCN(c1ccccc1)S(C)(=O)=O. The molecule has 0 spiro atoms. The van der Waals surface area contributed by atoms with Crippen LogP contribution in [0.25, 0.3) is 0 Å². The summed E-state index contributed by atoms with van der Waals surface area (Å²) in [6, 6.07) is 25.4. The van der Waals surface area contributed by atoms with Gasteiger partial charge in [0.25, 0.3) is 0 Å². The van der Waals surface area contributed by atoms with Gasteiger partial charge in [-0.3, -0.25) is 13.9 Å². The summed E-state index contributed by atoms with van der Waals surface area (Å²) in [5.41, 5.74) is 2.40. The lowest BCUT2D eigenvalue weighted by atomic mass is 10.0. The predicted octanol–water partition coefficient (Wildman–Crippen LogP) is 4.77. The largest absolute Gasteiger partial charge is 0.355 e. The van der Waals surface area contributed by atoms with Crippen LogP contribution in [0.4, 0.5) is 5.69 Å². The van der Waals surface area contributed by atoms with E-state index in [0.717, 1.165) is 21.9 Å². The number of para-hydroxylation sites is 1. The maximum Gasteiger partial charge on any atom is 0.243 e. The smallest absolute Gasteiger partial charge is 0.243 e. The Hall–Kier alpha value is -3.17. The van der Waals surface area contributed by atoms with Crippen molar-refractivity contribution < 1.29 is 18.0 Å². The van der Waals surface area contributed by atoms with Gasteiger partial charge in [-0.2, -0.15) is 0 Å². The van der Waals surface area contributed by atoms with Gasteiger partial charge in [0.2, 0.25) is 21.8 Å². The Labute approximate surface area is 234 Å². The average Bonchev–Trinajstić information content (AvgIpc) is 2.90. The van der Waals surface area contributed by atoms with E-state index in [-0.39, 0.29) is 31.3 Å². The Morgan fingerprint density at radius 3 is 2.08 bits per heavy atom. The van der Waals surface area contributed by atoms with E-state index < -0.39 is 16.1 Å². The van der Waals surface area contributed by atoms with Crippen molar-refractivity contribution in [2.24, 2.45) is 0 Å². The molecule has 9 heteroatoms. The number of anilines is 1. The van der Waals surface area contributed by atoms with E-state index in [0.29, 0.717) is 25.1 Å². The molecule has 202 valence electrons. The van der Waals surface area contributed by atoms with E-state index in [2.05, 4.69) is 21.2 Å². The zero-order valence-electron chi connectivity index (χ0n) is 21.7. The van der Waals surface area contributed by atoms with Crippen molar-refractivity contribution in [1.29, 1.82) is 0 Å². The predicted molar refractivity (Wildman–Crippen MR) is 155 cm³/mol. The summed E-state index contributed by atoms with van der Waals surface area (Å²) in [5.74, 6) is -0.425. The third kappa shape index (κ3) is 8.70. The van der Waals surface area contributed by atoms with E-state index in [1.165, 1.54) is 4.31 Å². The Morgan fingerprint density at radius 1 is 0.895 bits per heavy atom. The average molecular weight is 601 g/mol. The van der Waals surface area contributed by atoms with Gasteiger partial charge in [-0.15, -0.1) is 0 Å². The minimum atomic E-state index is -3.53. The van der Waals surface area contributed by atoms with E-state index in [1.807, 2.05) is 67.6 Å². The number of hydrogen-bond acceptors (Lipinski definition) is 4. The number of carbonyl (C=O) groups is 2. The molecule has 1 N–H and O–H groups in total. The number of likely N-dealkylation sites (N-methyl/N-ethyl adjacent to an activating group) is 1. The molecule has 38 heavy (non-hydrogen) atoms.